The summed E-state index contributed by atoms with van der Waals surface area (Å²) in [5, 5.41) is 14.0. The first-order valence-electron chi connectivity index (χ1n) is 8.22. The SMILES string of the molecule is Cc1[nH]c2cc(Cl)cc(Cl)c2c1CCNc1ccc(C(F)(F)F)cc1C(=O)O. The van der Waals surface area contributed by atoms with E-state index in [9.17, 15) is 23.1 Å². The van der Waals surface area contributed by atoms with Crippen LogP contribution >= 0.6 is 23.2 Å². The third-order valence-electron chi connectivity index (χ3n) is 4.40. The lowest BCUT2D eigenvalue weighted by Crippen LogP contribution is -2.12. The van der Waals surface area contributed by atoms with Gasteiger partial charge in [0.25, 0.3) is 0 Å². The first-order valence-corrected chi connectivity index (χ1v) is 8.98. The standard InChI is InChI=1S/C19H15Cl2F3N2O2/c1-9-12(17-14(21)7-11(20)8-16(17)26-9)4-5-25-15-3-2-10(19(22,23)24)6-13(15)18(27)28/h2-3,6-8,25-26H,4-5H2,1H3,(H,27,28). The lowest BCUT2D eigenvalue weighted by atomic mass is 10.1. The van der Waals surface area contributed by atoms with Crippen molar-refractivity contribution in [2.45, 2.75) is 19.5 Å². The zero-order valence-corrected chi connectivity index (χ0v) is 16.1. The van der Waals surface area contributed by atoms with Gasteiger partial charge in [0, 0.05) is 33.9 Å². The molecule has 148 valence electrons. The maximum atomic E-state index is 12.8. The average molecular weight is 431 g/mol. The lowest BCUT2D eigenvalue weighted by molar-refractivity contribution is -0.137. The van der Waals surface area contributed by atoms with Crippen LogP contribution in [0, 0.1) is 6.92 Å². The Morgan fingerprint density at radius 1 is 1.21 bits per heavy atom. The van der Waals surface area contributed by atoms with E-state index in [0.29, 0.717) is 29.1 Å². The van der Waals surface area contributed by atoms with E-state index in [1.165, 1.54) is 0 Å². The molecule has 0 aliphatic rings. The van der Waals surface area contributed by atoms with Gasteiger partial charge in [-0.15, -0.1) is 0 Å². The summed E-state index contributed by atoms with van der Waals surface area (Å²) in [5.74, 6) is -1.44. The highest BCUT2D eigenvalue weighted by molar-refractivity contribution is 6.38. The summed E-state index contributed by atoms with van der Waals surface area (Å²) in [6, 6.07) is 5.99. The van der Waals surface area contributed by atoms with Crippen molar-refractivity contribution in [2.75, 3.05) is 11.9 Å². The van der Waals surface area contributed by atoms with Crippen LogP contribution in [0.15, 0.2) is 30.3 Å². The van der Waals surface area contributed by atoms with Crippen LogP contribution < -0.4 is 5.32 Å². The van der Waals surface area contributed by atoms with Crippen molar-refractivity contribution in [2.24, 2.45) is 0 Å². The Labute approximate surface area is 168 Å². The molecule has 3 N–H and O–H groups in total. The molecule has 0 saturated heterocycles. The molecule has 1 aromatic heterocycles. The van der Waals surface area contributed by atoms with E-state index >= 15 is 0 Å². The zero-order chi connectivity index (χ0) is 20.6. The number of rotatable bonds is 5. The molecule has 0 spiro atoms. The summed E-state index contributed by atoms with van der Waals surface area (Å²) in [6.45, 7) is 2.18. The van der Waals surface area contributed by atoms with Crippen molar-refractivity contribution in [3.63, 3.8) is 0 Å². The van der Waals surface area contributed by atoms with Crippen LogP contribution in [0.3, 0.4) is 0 Å². The van der Waals surface area contributed by atoms with E-state index in [1.807, 2.05) is 6.92 Å². The molecule has 0 amide bonds. The number of H-pyrrole nitrogens is 1. The van der Waals surface area contributed by atoms with Gasteiger partial charge in [0.05, 0.1) is 16.1 Å². The molecule has 0 unspecified atom stereocenters. The van der Waals surface area contributed by atoms with Crippen LogP contribution in [0.5, 0.6) is 0 Å². The molecule has 9 heteroatoms. The Balaban J connectivity index is 1.83. The number of aromatic carboxylic acids is 1. The molecule has 0 saturated carbocycles. The number of alkyl halides is 3. The van der Waals surface area contributed by atoms with E-state index in [-0.39, 0.29) is 5.69 Å². The number of carboxylic acids is 1. The minimum atomic E-state index is -4.61. The summed E-state index contributed by atoms with van der Waals surface area (Å²) < 4.78 is 38.5. The number of nitrogens with one attached hydrogen (secondary N) is 2. The monoisotopic (exact) mass is 430 g/mol. The number of hydrogen-bond acceptors (Lipinski definition) is 2. The van der Waals surface area contributed by atoms with Crippen LogP contribution in [0.25, 0.3) is 10.9 Å². The summed E-state index contributed by atoms with van der Waals surface area (Å²) in [5.41, 5.74) is 1.26. The van der Waals surface area contributed by atoms with Gasteiger partial charge in [-0.2, -0.15) is 13.2 Å². The van der Waals surface area contributed by atoms with E-state index < -0.39 is 23.3 Å². The van der Waals surface area contributed by atoms with Gasteiger partial charge in [0.2, 0.25) is 0 Å². The van der Waals surface area contributed by atoms with Crippen LogP contribution in [-0.2, 0) is 12.6 Å². The fourth-order valence-corrected chi connectivity index (χ4v) is 3.74. The van der Waals surface area contributed by atoms with Crippen molar-refractivity contribution in [3.05, 3.63) is 62.8 Å². The van der Waals surface area contributed by atoms with Crippen LogP contribution in [-0.4, -0.2) is 22.6 Å². The van der Waals surface area contributed by atoms with E-state index in [2.05, 4.69) is 10.3 Å². The van der Waals surface area contributed by atoms with Gasteiger partial charge in [-0.1, -0.05) is 23.2 Å². The topological polar surface area (TPSA) is 65.1 Å². The summed E-state index contributed by atoms with van der Waals surface area (Å²) in [7, 11) is 0. The predicted molar refractivity (Wildman–Crippen MR) is 104 cm³/mol. The second-order valence-corrected chi connectivity index (χ2v) is 7.12. The van der Waals surface area contributed by atoms with Crippen molar-refractivity contribution >= 4 is 45.8 Å². The lowest BCUT2D eigenvalue weighted by Gasteiger charge is -2.13. The first kappa shape index (κ1) is 20.4. The molecule has 28 heavy (non-hydrogen) atoms. The number of aryl methyl sites for hydroxylation is 1. The summed E-state index contributed by atoms with van der Waals surface area (Å²) in [4.78, 5) is 14.6. The number of anilines is 1. The maximum absolute atomic E-state index is 12.8. The highest BCUT2D eigenvalue weighted by Gasteiger charge is 2.31. The largest absolute Gasteiger partial charge is 0.478 e. The third-order valence-corrected chi connectivity index (χ3v) is 4.92. The number of carbonyl (C=O) groups is 1. The number of aromatic nitrogens is 1. The molecule has 0 radical (unpaired) electrons. The quantitative estimate of drug-likeness (QED) is 0.454. The molecule has 0 fully saturated rings. The summed E-state index contributed by atoms with van der Waals surface area (Å²) >= 11 is 12.3. The van der Waals surface area contributed by atoms with Gasteiger partial charge < -0.3 is 15.4 Å². The minimum Gasteiger partial charge on any atom is -0.478 e. The van der Waals surface area contributed by atoms with Gasteiger partial charge in [-0.25, -0.2) is 4.79 Å². The second kappa shape index (κ2) is 7.56. The van der Waals surface area contributed by atoms with E-state index in [1.54, 1.807) is 12.1 Å². The predicted octanol–water partition coefficient (Wildman–Crippen LogP) is 6.15. The van der Waals surface area contributed by atoms with Crippen LogP contribution in [0.1, 0.15) is 27.2 Å². The van der Waals surface area contributed by atoms with Crippen LogP contribution in [0.4, 0.5) is 18.9 Å². The highest BCUT2D eigenvalue weighted by Crippen LogP contribution is 2.34. The highest BCUT2D eigenvalue weighted by atomic mass is 35.5. The Morgan fingerprint density at radius 3 is 2.57 bits per heavy atom. The number of benzene rings is 2. The van der Waals surface area contributed by atoms with Crippen LogP contribution in [0.2, 0.25) is 10.0 Å². The smallest absolute Gasteiger partial charge is 0.416 e. The van der Waals surface area contributed by atoms with Gasteiger partial charge in [0.1, 0.15) is 0 Å². The molecule has 4 nitrogen and oxygen atoms in total. The third kappa shape index (κ3) is 4.05. The van der Waals surface area contributed by atoms with Crippen molar-refractivity contribution in [1.29, 1.82) is 0 Å². The Kier molecular flexibility index (Phi) is 5.50. The summed E-state index contributed by atoms with van der Waals surface area (Å²) in [6.07, 6.45) is -4.13. The molecule has 0 atom stereocenters. The van der Waals surface area contributed by atoms with Crippen molar-refractivity contribution in [3.8, 4) is 0 Å². The van der Waals surface area contributed by atoms with Gasteiger partial charge in [-0.05, 0) is 49.2 Å². The number of hydrogen-bond donors (Lipinski definition) is 3. The Morgan fingerprint density at radius 2 is 1.93 bits per heavy atom. The van der Waals surface area contributed by atoms with E-state index in [0.717, 1.165) is 34.3 Å². The number of fused-ring (bicyclic) bond motifs is 1. The Bertz CT molecular complexity index is 1060. The maximum Gasteiger partial charge on any atom is 0.416 e. The molecule has 3 rings (SSSR count). The molecule has 0 aliphatic carbocycles. The zero-order valence-electron chi connectivity index (χ0n) is 14.5. The number of carboxylic acid groups (broad SMARTS) is 1. The van der Waals surface area contributed by atoms with Gasteiger partial charge in [-0.3, -0.25) is 0 Å². The van der Waals surface area contributed by atoms with E-state index in [4.69, 9.17) is 23.2 Å². The van der Waals surface area contributed by atoms with Gasteiger partial charge >= 0.3 is 12.1 Å². The molecule has 0 aliphatic heterocycles. The Hall–Kier alpha value is -2.38. The molecule has 0 bridgehead atoms. The van der Waals surface area contributed by atoms with Crippen molar-refractivity contribution in [1.82, 2.24) is 4.98 Å². The normalized spacial score (nSPS) is 11.8. The van der Waals surface area contributed by atoms with Crippen molar-refractivity contribution < 1.29 is 23.1 Å². The molecule has 1 heterocycles. The number of halogens is 5. The fourth-order valence-electron chi connectivity index (χ4n) is 3.13. The average Bonchev–Trinajstić information content (AvgIpc) is 2.89. The first-order chi connectivity index (χ1) is 13.1. The molecular weight excluding hydrogens is 416 g/mol. The molecular formula is C19H15Cl2F3N2O2. The minimum absolute atomic E-state index is 0.118. The fraction of sp³-hybridized carbons (Fsp3) is 0.211. The second-order valence-electron chi connectivity index (χ2n) is 6.28. The molecule has 2 aromatic carbocycles. The molecule has 3 aromatic rings. The van der Waals surface area contributed by atoms with Gasteiger partial charge in [0.15, 0.2) is 0 Å². The number of aromatic amines is 1.